The third-order valence-electron chi connectivity index (χ3n) is 30.6. The van der Waals surface area contributed by atoms with Gasteiger partial charge in [0.2, 0.25) is 6.10 Å². The Morgan fingerprint density at radius 1 is 0.416 bits per heavy atom. The Balaban J connectivity index is 0.000000329. The Hall–Kier alpha value is -7.60. The van der Waals surface area contributed by atoms with Crippen LogP contribution in [0, 0.1) is 112 Å². The molecule has 11 fully saturated rings. The number of esters is 11. The van der Waals surface area contributed by atoms with Crippen molar-refractivity contribution in [3.8, 4) is 12.1 Å². The molecule has 36 heteroatoms. The van der Waals surface area contributed by atoms with Crippen molar-refractivity contribution in [2.75, 3.05) is 0 Å². The summed E-state index contributed by atoms with van der Waals surface area (Å²) in [5.41, 5.74) is -7.40. The summed E-state index contributed by atoms with van der Waals surface area (Å²) in [6.45, 7) is 57.7. The number of nitriles is 2. The van der Waals surface area contributed by atoms with E-state index in [-0.39, 0.29) is 81.8 Å². The van der Waals surface area contributed by atoms with Gasteiger partial charge in [0, 0.05) is 23.7 Å². The number of hydrogen-bond acceptors (Lipinski definition) is 27. The number of nitrogens with zero attached hydrogens (tertiary/aromatic N) is 2. The maximum Gasteiger partial charge on any atom is 0.425 e. The van der Waals surface area contributed by atoms with Crippen molar-refractivity contribution >= 4 is 65.7 Å². The Morgan fingerprint density at radius 2 is 0.730 bits per heavy atom. The number of halogens is 9. The molecule has 11 rings (SSSR count). The molecule has 6 aliphatic carbocycles. The maximum absolute atomic E-state index is 12.2. The molecule has 137 heavy (non-hydrogen) atoms. The number of carbonyl (C=O) groups is 11. The normalized spacial score (nSPS) is 28.6. The third kappa shape index (κ3) is 29.8. The molecule has 0 aromatic heterocycles. The molecular weight excluding hydrogens is 1810 g/mol. The van der Waals surface area contributed by atoms with Gasteiger partial charge in [-0.15, -0.1) is 0 Å². The highest BCUT2D eigenvalue weighted by atomic mass is 19.4. The minimum atomic E-state index is -4.49. The second kappa shape index (κ2) is 46.2. The Labute approximate surface area is 805 Å². The van der Waals surface area contributed by atoms with E-state index in [0.717, 1.165) is 71.6 Å². The minimum Gasteiger partial charge on any atom is -0.459 e. The molecule has 5 saturated heterocycles. The first-order valence-corrected chi connectivity index (χ1v) is 48.7. The van der Waals surface area contributed by atoms with Gasteiger partial charge in [0.15, 0.2) is 53.4 Å². The van der Waals surface area contributed by atoms with E-state index in [0.29, 0.717) is 57.3 Å². The summed E-state index contributed by atoms with van der Waals surface area (Å²) in [4.78, 5) is 130. The summed E-state index contributed by atoms with van der Waals surface area (Å²) in [5, 5.41) is 18.6. The fourth-order valence-electron chi connectivity index (χ4n) is 16.4. The molecule has 786 valence electrons. The van der Waals surface area contributed by atoms with Gasteiger partial charge in [-0.2, -0.15) is 50.0 Å². The van der Waals surface area contributed by atoms with Crippen molar-refractivity contribution in [1.29, 1.82) is 10.5 Å². The predicted molar refractivity (Wildman–Crippen MR) is 483 cm³/mol. The second-order valence-electron chi connectivity index (χ2n) is 44.8. The molecule has 27 nitrogen and oxygen atoms in total. The van der Waals surface area contributed by atoms with E-state index in [4.69, 9.17) is 52.1 Å². The molecule has 18 atom stereocenters. The van der Waals surface area contributed by atoms with Crippen LogP contribution >= 0.6 is 0 Å². The molecule has 6 saturated carbocycles. The lowest BCUT2D eigenvalue weighted by Crippen LogP contribution is -2.42. The van der Waals surface area contributed by atoms with Crippen molar-refractivity contribution in [3.05, 3.63) is 0 Å². The van der Waals surface area contributed by atoms with Gasteiger partial charge in [0.1, 0.15) is 41.7 Å². The van der Waals surface area contributed by atoms with Gasteiger partial charge in [-0.1, -0.05) is 82.1 Å². The Kier molecular flexibility index (Phi) is 41.0. The standard InChI is InChI=1S/C16H30O2.2C15H19NO4.C15H22O7.C13H24O2.3C9H15F3O2/c1-7-15(3,4)14(17)18-16(5,6)13-10-8-12(2)9-11-13;2*1-4-14(2,3)12(17)19-10-8-5-9-11(10)20-13(18)15(9,6-8)7-16;1-6-14(2,3)13(17)20-9-7-8(18-11(9)16)10-12(19-7)22-15(4,5)21-10;1-5-12(3,4)11(14)15-13(6-2)9-7-8-10-13;3*1-5-8(3,4)7(13)14-6(2)9(10,11)12/h12-13H,7-11H2,1-6H3;2*8-11H,4-6H2,1-3H3;7-10,12H,6H2,1-5H3;5-10H2,1-4H3;3*6H,5H2,1-4H3. The smallest absolute Gasteiger partial charge is 0.425 e. The SMILES string of the molecule is CCC(C)(C)C(=O)OC(C)(C)C1CCC(C)CC1.CCC(C)(C)C(=O)OC(C)C(F)(F)F.CCC(C)(C)C(=O)OC(C)C(F)(F)F.CCC(C)(C)C(=O)OC(C)C(F)(F)F.CCC(C)(C)C(=O)OC1C(=O)OC2C3OC(C)(C)OC3OC12.CCC(C)(C)C(=O)OC1C2CC3C1OC(=O)C3(C#N)C2.CCC(C)(C)C(=O)OC1C2CC3C1OC(=O)C3(C#N)C2.CCC1(OC(=O)C(C)(C)CC)CCCC1. The zero-order valence-electron chi connectivity index (χ0n) is 87.2. The molecule has 5 heterocycles. The molecule has 0 N–H and O–H groups in total. The average Bonchev–Trinajstić information content (AvgIpc) is 1.54. The highest BCUT2D eigenvalue weighted by molar-refractivity contribution is 5.87. The first kappa shape index (κ1) is 122. The lowest BCUT2D eigenvalue weighted by atomic mass is 9.74. The Bertz CT molecular complexity index is 4030. The van der Waals surface area contributed by atoms with Gasteiger partial charge in [0.05, 0.1) is 55.5 Å². The average molecular weight is 1970 g/mol. The number of carbonyl (C=O) groups excluding carboxylic acids is 11. The second-order valence-corrected chi connectivity index (χ2v) is 44.8. The molecular formula is C101H159F9N2O25. The summed E-state index contributed by atoms with van der Waals surface area (Å²) in [6, 6.07) is 4.30. The van der Waals surface area contributed by atoms with Crippen molar-refractivity contribution < 1.29 is 159 Å². The summed E-state index contributed by atoms with van der Waals surface area (Å²) in [5.74, 6) is -4.39. The zero-order valence-corrected chi connectivity index (χ0v) is 87.2. The van der Waals surface area contributed by atoms with Gasteiger partial charge in [-0.05, 0) is 293 Å². The van der Waals surface area contributed by atoms with Crippen LogP contribution in [0.4, 0.5) is 39.5 Å². The molecule has 11 aliphatic rings. The predicted octanol–water partition coefficient (Wildman–Crippen LogP) is 21.8. The van der Waals surface area contributed by atoms with Crippen LogP contribution in [0.25, 0.3) is 0 Å². The lowest BCUT2D eigenvalue weighted by Gasteiger charge is -2.39. The number of hydrogen-bond donors (Lipinski definition) is 0. The van der Waals surface area contributed by atoms with Gasteiger partial charge in [-0.25, -0.2) is 4.79 Å². The van der Waals surface area contributed by atoms with E-state index in [1.54, 1.807) is 90.0 Å². The van der Waals surface area contributed by atoms with Crippen LogP contribution in [0.5, 0.6) is 0 Å². The molecule has 5 aliphatic heterocycles. The fraction of sp³-hybridized carbons (Fsp3) is 0.871. The largest absolute Gasteiger partial charge is 0.459 e. The first-order chi connectivity index (χ1) is 62.3. The highest BCUT2D eigenvalue weighted by Gasteiger charge is 2.74. The minimum absolute atomic E-state index is 0.0197. The van der Waals surface area contributed by atoms with Gasteiger partial charge < -0.3 is 66.3 Å². The first-order valence-electron chi connectivity index (χ1n) is 48.7. The van der Waals surface area contributed by atoms with E-state index >= 15 is 0 Å². The number of rotatable bonds is 26. The van der Waals surface area contributed by atoms with Crippen LogP contribution in [-0.4, -0.2) is 175 Å². The molecule has 18 unspecified atom stereocenters. The van der Waals surface area contributed by atoms with Gasteiger partial charge >= 0.3 is 84.2 Å². The van der Waals surface area contributed by atoms with Crippen LogP contribution < -0.4 is 0 Å². The van der Waals surface area contributed by atoms with Crippen molar-refractivity contribution in [1.82, 2.24) is 0 Å². The zero-order chi connectivity index (χ0) is 106. The molecule has 0 radical (unpaired) electrons. The number of ether oxygens (including phenoxy) is 14. The lowest BCUT2D eigenvalue weighted by molar-refractivity contribution is -0.221. The van der Waals surface area contributed by atoms with E-state index in [1.807, 2.05) is 90.0 Å². The monoisotopic (exact) mass is 1970 g/mol. The molecule has 0 aromatic rings. The topological polar surface area (TPSA) is 365 Å². The summed E-state index contributed by atoms with van der Waals surface area (Å²) >= 11 is 0. The van der Waals surface area contributed by atoms with Crippen LogP contribution in [0.15, 0.2) is 0 Å². The fourth-order valence-corrected chi connectivity index (χ4v) is 16.4. The molecule has 0 aromatic carbocycles. The van der Waals surface area contributed by atoms with Crippen LogP contribution in [-0.2, 0) is 119 Å². The maximum atomic E-state index is 12.2. The van der Waals surface area contributed by atoms with Crippen molar-refractivity contribution in [2.24, 2.45) is 89.7 Å². The van der Waals surface area contributed by atoms with E-state index in [1.165, 1.54) is 38.5 Å². The van der Waals surface area contributed by atoms with E-state index in [2.05, 4.69) is 54.0 Å². The third-order valence-corrected chi connectivity index (χ3v) is 30.6. The van der Waals surface area contributed by atoms with E-state index in [9.17, 15) is 103 Å². The quantitative estimate of drug-likeness (QED) is 0.0441. The van der Waals surface area contributed by atoms with Gasteiger partial charge in [-0.3, -0.25) is 47.9 Å². The van der Waals surface area contributed by atoms with E-state index < -0.39 is 171 Å². The van der Waals surface area contributed by atoms with Crippen LogP contribution in [0.1, 0.15) is 363 Å². The van der Waals surface area contributed by atoms with Crippen molar-refractivity contribution in [2.45, 2.75) is 472 Å². The van der Waals surface area contributed by atoms with Crippen LogP contribution in [0.3, 0.4) is 0 Å². The van der Waals surface area contributed by atoms with Crippen LogP contribution in [0.2, 0.25) is 0 Å². The molecule has 0 spiro atoms. The number of alkyl halides is 9. The summed E-state index contributed by atoms with van der Waals surface area (Å²) in [6.07, 6.45) is -6.85. The summed E-state index contributed by atoms with van der Waals surface area (Å²) < 4.78 is 182. The number of fused-ring (bicyclic) bond motifs is 5. The highest BCUT2D eigenvalue weighted by Crippen LogP contribution is 2.64. The van der Waals surface area contributed by atoms with Gasteiger partial charge in [0.25, 0.3) is 0 Å². The van der Waals surface area contributed by atoms with Crippen molar-refractivity contribution in [3.63, 3.8) is 0 Å². The Morgan fingerprint density at radius 3 is 1.04 bits per heavy atom. The molecule has 0 amide bonds. The molecule has 4 bridgehead atoms. The summed E-state index contributed by atoms with van der Waals surface area (Å²) in [7, 11) is 0.